The molecule has 0 bridgehead atoms. The second-order valence-corrected chi connectivity index (χ2v) is 6.02. The predicted octanol–water partition coefficient (Wildman–Crippen LogP) is 1.71. The van der Waals surface area contributed by atoms with E-state index in [0.717, 1.165) is 5.56 Å². The highest BCUT2D eigenvalue weighted by molar-refractivity contribution is 5.78. The highest BCUT2D eigenvalue weighted by atomic mass is 19.1. The standard InChI is InChI=1S/C17H20FN3O3/c1-17(13-9-19-20(2)10-13)12-21(7-8-24-17)16(22)11-23-15-6-4-3-5-14(15)18/h3-6,9-10H,7-8,11-12H2,1-2H3/t17-/m1/s1. The number of morpholine rings is 1. The first-order chi connectivity index (χ1) is 11.5. The molecule has 128 valence electrons. The summed E-state index contributed by atoms with van der Waals surface area (Å²) in [5, 5.41) is 4.16. The summed E-state index contributed by atoms with van der Waals surface area (Å²) in [5.41, 5.74) is 0.303. The summed E-state index contributed by atoms with van der Waals surface area (Å²) in [6.45, 7) is 3.04. The summed E-state index contributed by atoms with van der Waals surface area (Å²) in [6.07, 6.45) is 3.62. The molecule has 1 aromatic carbocycles. The van der Waals surface area contributed by atoms with Crippen molar-refractivity contribution in [2.75, 3.05) is 26.3 Å². The molecule has 0 N–H and O–H groups in total. The van der Waals surface area contributed by atoms with Crippen molar-refractivity contribution in [1.29, 1.82) is 0 Å². The molecule has 2 aromatic rings. The van der Waals surface area contributed by atoms with E-state index in [-0.39, 0.29) is 18.3 Å². The summed E-state index contributed by atoms with van der Waals surface area (Å²) in [6, 6.07) is 6.04. The Hall–Kier alpha value is -2.41. The van der Waals surface area contributed by atoms with Crippen LogP contribution in [0.4, 0.5) is 4.39 Å². The average Bonchev–Trinajstić information content (AvgIpc) is 3.01. The molecule has 7 heteroatoms. The van der Waals surface area contributed by atoms with Crippen LogP contribution in [0.2, 0.25) is 0 Å². The number of carbonyl (C=O) groups excluding carboxylic acids is 1. The number of nitrogens with zero attached hydrogens (tertiary/aromatic N) is 3. The fourth-order valence-electron chi connectivity index (χ4n) is 2.74. The molecule has 1 aliphatic heterocycles. The van der Waals surface area contributed by atoms with Crippen LogP contribution in [0.15, 0.2) is 36.7 Å². The Bertz CT molecular complexity index is 733. The Morgan fingerprint density at radius 1 is 1.46 bits per heavy atom. The van der Waals surface area contributed by atoms with E-state index < -0.39 is 11.4 Å². The second-order valence-electron chi connectivity index (χ2n) is 6.02. The number of ether oxygens (including phenoxy) is 2. The van der Waals surface area contributed by atoms with Gasteiger partial charge in [0.2, 0.25) is 0 Å². The molecule has 2 heterocycles. The lowest BCUT2D eigenvalue weighted by Gasteiger charge is -2.40. The molecule has 0 saturated carbocycles. The zero-order valence-electron chi connectivity index (χ0n) is 13.7. The molecule has 0 aliphatic carbocycles. The number of rotatable bonds is 4. The first kappa shape index (κ1) is 16.4. The van der Waals surface area contributed by atoms with Crippen LogP contribution >= 0.6 is 0 Å². The van der Waals surface area contributed by atoms with E-state index in [1.165, 1.54) is 12.1 Å². The van der Waals surface area contributed by atoms with Crippen LogP contribution in [0.1, 0.15) is 12.5 Å². The van der Waals surface area contributed by atoms with Crippen molar-refractivity contribution in [3.8, 4) is 5.75 Å². The van der Waals surface area contributed by atoms with Gasteiger partial charge in [0.15, 0.2) is 18.2 Å². The van der Waals surface area contributed by atoms with E-state index in [0.29, 0.717) is 19.7 Å². The zero-order chi connectivity index (χ0) is 17.2. The van der Waals surface area contributed by atoms with E-state index in [4.69, 9.17) is 9.47 Å². The molecule has 0 spiro atoms. The number of benzene rings is 1. The largest absolute Gasteiger partial charge is 0.481 e. The maximum Gasteiger partial charge on any atom is 0.260 e. The quantitative estimate of drug-likeness (QED) is 0.855. The molecular formula is C17H20FN3O3. The van der Waals surface area contributed by atoms with Gasteiger partial charge >= 0.3 is 0 Å². The number of amides is 1. The Labute approximate surface area is 139 Å². The van der Waals surface area contributed by atoms with Gasteiger partial charge in [-0.15, -0.1) is 0 Å². The van der Waals surface area contributed by atoms with Crippen molar-refractivity contribution in [3.05, 3.63) is 48.0 Å². The second kappa shape index (κ2) is 6.60. The van der Waals surface area contributed by atoms with Crippen molar-refractivity contribution in [2.45, 2.75) is 12.5 Å². The van der Waals surface area contributed by atoms with E-state index in [9.17, 15) is 9.18 Å². The molecule has 3 rings (SSSR count). The molecule has 1 saturated heterocycles. The number of hydrogen-bond donors (Lipinski definition) is 0. The van der Waals surface area contributed by atoms with Gasteiger partial charge in [0.25, 0.3) is 5.91 Å². The molecule has 6 nitrogen and oxygen atoms in total. The Morgan fingerprint density at radius 2 is 2.25 bits per heavy atom. The minimum Gasteiger partial charge on any atom is -0.481 e. The van der Waals surface area contributed by atoms with Gasteiger partial charge in [0.05, 0.1) is 19.3 Å². The fraction of sp³-hybridized carbons (Fsp3) is 0.412. The summed E-state index contributed by atoms with van der Waals surface area (Å²) in [4.78, 5) is 14.1. The van der Waals surface area contributed by atoms with Crippen LogP contribution in [0, 0.1) is 5.82 Å². The SMILES string of the molecule is Cn1cc([C@@]2(C)CN(C(=O)COc3ccccc3F)CCO2)cn1. The molecular weight excluding hydrogens is 313 g/mol. The van der Waals surface area contributed by atoms with Crippen LogP contribution in [0.5, 0.6) is 5.75 Å². The maximum atomic E-state index is 13.5. The summed E-state index contributed by atoms with van der Waals surface area (Å²) in [7, 11) is 1.83. The molecule has 0 radical (unpaired) electrons. The third-order valence-electron chi connectivity index (χ3n) is 4.13. The fourth-order valence-corrected chi connectivity index (χ4v) is 2.74. The Morgan fingerprint density at radius 3 is 2.96 bits per heavy atom. The van der Waals surface area contributed by atoms with Gasteiger partial charge in [-0.25, -0.2) is 4.39 Å². The number of halogens is 1. The molecule has 1 amide bonds. The zero-order valence-corrected chi connectivity index (χ0v) is 13.7. The van der Waals surface area contributed by atoms with Crippen LogP contribution in [0.3, 0.4) is 0 Å². The van der Waals surface area contributed by atoms with Crippen LogP contribution in [-0.2, 0) is 22.2 Å². The van der Waals surface area contributed by atoms with Crippen molar-refractivity contribution >= 4 is 5.91 Å². The first-order valence-electron chi connectivity index (χ1n) is 7.76. The third-order valence-corrected chi connectivity index (χ3v) is 4.13. The van der Waals surface area contributed by atoms with Gasteiger partial charge < -0.3 is 14.4 Å². The van der Waals surface area contributed by atoms with Crippen molar-refractivity contribution in [1.82, 2.24) is 14.7 Å². The number of aryl methyl sites for hydroxylation is 1. The van der Waals surface area contributed by atoms with Gasteiger partial charge in [-0.2, -0.15) is 5.10 Å². The predicted molar refractivity (Wildman–Crippen MR) is 85.0 cm³/mol. The van der Waals surface area contributed by atoms with Gasteiger partial charge in [-0.1, -0.05) is 12.1 Å². The van der Waals surface area contributed by atoms with Gasteiger partial charge in [0.1, 0.15) is 5.60 Å². The number of para-hydroxylation sites is 1. The van der Waals surface area contributed by atoms with E-state index in [1.807, 2.05) is 20.2 Å². The highest BCUT2D eigenvalue weighted by Gasteiger charge is 2.36. The lowest BCUT2D eigenvalue weighted by atomic mass is 9.97. The molecule has 24 heavy (non-hydrogen) atoms. The lowest BCUT2D eigenvalue weighted by molar-refractivity contribution is -0.151. The van der Waals surface area contributed by atoms with Crippen LogP contribution in [0.25, 0.3) is 0 Å². The van der Waals surface area contributed by atoms with Crippen molar-refractivity contribution in [2.24, 2.45) is 7.05 Å². The Kier molecular flexibility index (Phi) is 4.53. The van der Waals surface area contributed by atoms with E-state index in [1.54, 1.807) is 27.9 Å². The number of carbonyl (C=O) groups is 1. The van der Waals surface area contributed by atoms with Gasteiger partial charge in [-0.05, 0) is 19.1 Å². The monoisotopic (exact) mass is 333 g/mol. The molecule has 1 fully saturated rings. The van der Waals surface area contributed by atoms with Crippen molar-refractivity contribution < 1.29 is 18.7 Å². The summed E-state index contributed by atoms with van der Waals surface area (Å²) in [5.74, 6) is -0.599. The van der Waals surface area contributed by atoms with E-state index in [2.05, 4.69) is 5.10 Å². The summed E-state index contributed by atoms with van der Waals surface area (Å²) < 4.78 is 26.4. The lowest BCUT2D eigenvalue weighted by Crippen LogP contribution is -2.51. The first-order valence-corrected chi connectivity index (χ1v) is 7.76. The van der Waals surface area contributed by atoms with Gasteiger partial charge in [0, 0.05) is 25.4 Å². The highest BCUT2D eigenvalue weighted by Crippen LogP contribution is 2.29. The number of aromatic nitrogens is 2. The number of hydrogen-bond acceptors (Lipinski definition) is 4. The normalized spacial score (nSPS) is 20.9. The molecule has 0 unspecified atom stereocenters. The topological polar surface area (TPSA) is 56.6 Å². The summed E-state index contributed by atoms with van der Waals surface area (Å²) >= 11 is 0. The van der Waals surface area contributed by atoms with Gasteiger partial charge in [-0.3, -0.25) is 9.48 Å². The average molecular weight is 333 g/mol. The maximum absolute atomic E-state index is 13.5. The van der Waals surface area contributed by atoms with Crippen molar-refractivity contribution in [3.63, 3.8) is 0 Å². The molecule has 1 atom stereocenters. The minimum atomic E-state index is -0.611. The minimum absolute atomic E-state index is 0.0779. The van der Waals surface area contributed by atoms with Crippen LogP contribution in [-0.4, -0.2) is 46.9 Å². The third kappa shape index (κ3) is 3.41. The van der Waals surface area contributed by atoms with E-state index >= 15 is 0 Å². The molecule has 1 aliphatic rings. The smallest absolute Gasteiger partial charge is 0.260 e. The van der Waals surface area contributed by atoms with Crippen LogP contribution < -0.4 is 4.74 Å². The Balaban J connectivity index is 1.64. The molecule has 1 aromatic heterocycles.